The number of hydrogen-bond acceptors (Lipinski definition) is 3. The van der Waals surface area contributed by atoms with Gasteiger partial charge in [-0.05, 0) is 42.3 Å². The molecule has 0 saturated carbocycles. The molecule has 0 spiro atoms. The van der Waals surface area contributed by atoms with Crippen LogP contribution in [0.4, 0.5) is 5.69 Å². The van der Waals surface area contributed by atoms with Crippen LogP contribution in [0.15, 0.2) is 48.5 Å². The molecule has 0 radical (unpaired) electrons. The molecular formula is C17H18N2O. The Morgan fingerprint density at radius 2 is 1.95 bits per heavy atom. The molecule has 0 aliphatic carbocycles. The maximum atomic E-state index is 8.65. The van der Waals surface area contributed by atoms with E-state index in [1.807, 2.05) is 42.5 Å². The fourth-order valence-electron chi connectivity index (χ4n) is 2.05. The van der Waals surface area contributed by atoms with Crippen LogP contribution in [0.5, 0.6) is 5.75 Å². The number of anilines is 1. The summed E-state index contributed by atoms with van der Waals surface area (Å²) in [5, 5.41) is 12.1. The second kappa shape index (κ2) is 6.63. The normalized spacial score (nSPS) is 11.4. The van der Waals surface area contributed by atoms with Crippen LogP contribution >= 0.6 is 0 Å². The Kier molecular flexibility index (Phi) is 4.62. The van der Waals surface area contributed by atoms with Crippen molar-refractivity contribution in [1.29, 1.82) is 5.26 Å². The Morgan fingerprint density at radius 3 is 2.60 bits per heavy atom. The number of nitrogens with zero attached hydrogens (tertiary/aromatic N) is 1. The van der Waals surface area contributed by atoms with E-state index in [1.165, 1.54) is 5.56 Å². The first-order chi connectivity index (χ1) is 9.72. The molecular weight excluding hydrogens is 248 g/mol. The van der Waals surface area contributed by atoms with Crippen molar-refractivity contribution in [3.05, 3.63) is 59.7 Å². The van der Waals surface area contributed by atoms with Gasteiger partial charge in [-0.1, -0.05) is 24.3 Å². The van der Waals surface area contributed by atoms with Gasteiger partial charge in [-0.2, -0.15) is 5.26 Å². The van der Waals surface area contributed by atoms with Gasteiger partial charge in [-0.15, -0.1) is 0 Å². The Hall–Kier alpha value is -2.47. The number of rotatable bonds is 5. The predicted molar refractivity (Wildman–Crippen MR) is 80.8 cm³/mol. The van der Waals surface area contributed by atoms with E-state index in [-0.39, 0.29) is 6.04 Å². The van der Waals surface area contributed by atoms with Crippen LogP contribution in [0.2, 0.25) is 0 Å². The third kappa shape index (κ3) is 3.52. The fraction of sp³-hybridized carbons (Fsp3) is 0.235. The van der Waals surface area contributed by atoms with Gasteiger partial charge in [0.25, 0.3) is 0 Å². The molecule has 0 aromatic heterocycles. The van der Waals surface area contributed by atoms with E-state index in [4.69, 9.17) is 10.00 Å². The van der Waals surface area contributed by atoms with Crippen LogP contribution in [0.1, 0.15) is 24.1 Å². The molecule has 3 nitrogen and oxygen atoms in total. The second-order valence-electron chi connectivity index (χ2n) is 4.67. The SMILES string of the molecule is COc1cccc(C(C)Nc2ccc(CC#N)cc2)c1. The molecule has 0 aliphatic heterocycles. The smallest absolute Gasteiger partial charge is 0.119 e. The molecule has 20 heavy (non-hydrogen) atoms. The average molecular weight is 266 g/mol. The van der Waals surface area contributed by atoms with Crippen molar-refractivity contribution in [1.82, 2.24) is 0 Å². The molecule has 1 N–H and O–H groups in total. The van der Waals surface area contributed by atoms with Crippen molar-refractivity contribution >= 4 is 5.69 Å². The zero-order valence-electron chi connectivity index (χ0n) is 11.8. The molecule has 1 atom stereocenters. The van der Waals surface area contributed by atoms with Gasteiger partial charge in [0.2, 0.25) is 0 Å². The largest absolute Gasteiger partial charge is 0.497 e. The summed E-state index contributed by atoms with van der Waals surface area (Å²) >= 11 is 0. The minimum absolute atomic E-state index is 0.187. The summed E-state index contributed by atoms with van der Waals surface area (Å²) in [7, 11) is 1.67. The number of ether oxygens (including phenoxy) is 1. The van der Waals surface area contributed by atoms with Gasteiger partial charge in [-0.3, -0.25) is 0 Å². The van der Waals surface area contributed by atoms with Gasteiger partial charge in [-0.25, -0.2) is 0 Å². The molecule has 0 heterocycles. The van der Waals surface area contributed by atoms with E-state index in [9.17, 15) is 0 Å². The van der Waals surface area contributed by atoms with Crippen LogP contribution in [-0.2, 0) is 6.42 Å². The number of hydrogen-bond donors (Lipinski definition) is 1. The Labute approximate surface area is 119 Å². The number of nitriles is 1. The van der Waals surface area contributed by atoms with Crippen molar-refractivity contribution in [2.75, 3.05) is 12.4 Å². The van der Waals surface area contributed by atoms with E-state index in [2.05, 4.69) is 24.4 Å². The van der Waals surface area contributed by atoms with E-state index >= 15 is 0 Å². The number of benzene rings is 2. The van der Waals surface area contributed by atoms with Gasteiger partial charge in [0.15, 0.2) is 0 Å². The lowest BCUT2D eigenvalue weighted by atomic mass is 10.1. The van der Waals surface area contributed by atoms with E-state index in [0.717, 1.165) is 17.0 Å². The van der Waals surface area contributed by atoms with Crippen molar-refractivity contribution in [2.45, 2.75) is 19.4 Å². The molecule has 0 saturated heterocycles. The fourth-order valence-corrected chi connectivity index (χ4v) is 2.05. The lowest BCUT2D eigenvalue weighted by Crippen LogP contribution is -2.06. The molecule has 102 valence electrons. The first-order valence-corrected chi connectivity index (χ1v) is 6.59. The monoisotopic (exact) mass is 266 g/mol. The highest BCUT2D eigenvalue weighted by Crippen LogP contribution is 2.22. The summed E-state index contributed by atoms with van der Waals surface area (Å²) in [6.45, 7) is 2.11. The number of methoxy groups -OCH3 is 1. The molecule has 0 fully saturated rings. The summed E-state index contributed by atoms with van der Waals surface area (Å²) < 4.78 is 5.24. The molecule has 1 unspecified atom stereocenters. The predicted octanol–water partition coefficient (Wildman–Crippen LogP) is 3.93. The number of nitrogens with one attached hydrogen (secondary N) is 1. The van der Waals surface area contributed by atoms with E-state index in [1.54, 1.807) is 7.11 Å². The van der Waals surface area contributed by atoms with Crippen molar-refractivity contribution < 1.29 is 4.74 Å². The Balaban J connectivity index is 2.06. The minimum Gasteiger partial charge on any atom is -0.497 e. The van der Waals surface area contributed by atoms with Crippen molar-refractivity contribution in [3.63, 3.8) is 0 Å². The van der Waals surface area contributed by atoms with Gasteiger partial charge in [0, 0.05) is 11.7 Å². The second-order valence-corrected chi connectivity index (χ2v) is 4.67. The standard InChI is InChI=1S/C17H18N2O/c1-13(15-4-3-5-17(12-15)20-2)19-16-8-6-14(7-9-16)10-11-18/h3-9,12-13,19H,10H2,1-2H3. The molecule has 3 heteroatoms. The third-order valence-electron chi connectivity index (χ3n) is 3.21. The van der Waals surface area contributed by atoms with Crippen molar-refractivity contribution in [3.8, 4) is 11.8 Å². The van der Waals surface area contributed by atoms with Crippen LogP contribution in [0.3, 0.4) is 0 Å². The molecule has 2 aromatic carbocycles. The lowest BCUT2D eigenvalue weighted by Gasteiger charge is -2.16. The zero-order valence-corrected chi connectivity index (χ0v) is 11.8. The molecule has 2 rings (SSSR count). The maximum Gasteiger partial charge on any atom is 0.119 e. The van der Waals surface area contributed by atoms with Crippen LogP contribution < -0.4 is 10.1 Å². The first-order valence-electron chi connectivity index (χ1n) is 6.59. The van der Waals surface area contributed by atoms with Gasteiger partial charge >= 0.3 is 0 Å². The maximum absolute atomic E-state index is 8.65. The highest BCUT2D eigenvalue weighted by molar-refractivity contribution is 5.47. The minimum atomic E-state index is 0.187. The van der Waals surface area contributed by atoms with Crippen LogP contribution in [0, 0.1) is 11.3 Å². The van der Waals surface area contributed by atoms with Gasteiger partial charge in [0.05, 0.1) is 19.6 Å². The van der Waals surface area contributed by atoms with Crippen LogP contribution in [-0.4, -0.2) is 7.11 Å². The Morgan fingerprint density at radius 1 is 1.20 bits per heavy atom. The summed E-state index contributed by atoms with van der Waals surface area (Å²) in [5.74, 6) is 0.862. The van der Waals surface area contributed by atoms with Crippen molar-refractivity contribution in [2.24, 2.45) is 0 Å². The van der Waals surface area contributed by atoms with Crippen LogP contribution in [0.25, 0.3) is 0 Å². The average Bonchev–Trinajstić information content (AvgIpc) is 2.49. The van der Waals surface area contributed by atoms with Gasteiger partial charge in [0.1, 0.15) is 5.75 Å². The molecule has 0 amide bonds. The zero-order chi connectivity index (χ0) is 14.4. The Bertz CT molecular complexity index is 599. The molecule has 2 aromatic rings. The summed E-state index contributed by atoms with van der Waals surface area (Å²) in [5.41, 5.74) is 3.25. The summed E-state index contributed by atoms with van der Waals surface area (Å²) in [4.78, 5) is 0. The van der Waals surface area contributed by atoms with E-state index in [0.29, 0.717) is 6.42 Å². The molecule has 0 aliphatic rings. The first kappa shape index (κ1) is 14.0. The topological polar surface area (TPSA) is 45.0 Å². The van der Waals surface area contributed by atoms with Gasteiger partial charge < -0.3 is 10.1 Å². The lowest BCUT2D eigenvalue weighted by molar-refractivity contribution is 0.414. The van der Waals surface area contributed by atoms with E-state index < -0.39 is 0 Å². The third-order valence-corrected chi connectivity index (χ3v) is 3.21. The summed E-state index contributed by atoms with van der Waals surface area (Å²) in [6.07, 6.45) is 0.450. The molecule has 0 bridgehead atoms. The summed E-state index contributed by atoms with van der Waals surface area (Å²) in [6, 6.07) is 18.3. The highest BCUT2D eigenvalue weighted by atomic mass is 16.5. The quantitative estimate of drug-likeness (QED) is 0.891. The highest BCUT2D eigenvalue weighted by Gasteiger charge is 2.06.